The monoisotopic (exact) mass is 304 g/mol. The molecule has 0 bridgehead atoms. The van der Waals surface area contributed by atoms with Crippen LogP contribution in [-0.4, -0.2) is 16.0 Å². The number of benzene rings is 1. The van der Waals surface area contributed by atoms with E-state index in [1.807, 2.05) is 0 Å². The molecule has 0 radical (unpaired) electrons. The number of nitrogen functional groups attached to an aromatic ring is 1. The van der Waals surface area contributed by atoms with Crippen molar-refractivity contribution in [1.29, 1.82) is 0 Å². The van der Waals surface area contributed by atoms with Crippen LogP contribution >= 0.6 is 15.9 Å². The molecule has 1 heterocycles. The lowest BCUT2D eigenvalue weighted by atomic mass is 10.1. The predicted molar refractivity (Wildman–Crippen MR) is 75.4 cm³/mol. The molecule has 0 unspecified atom stereocenters. The second-order valence-electron chi connectivity index (χ2n) is 4.44. The molecule has 0 spiro atoms. The Labute approximate surface area is 114 Å². The van der Waals surface area contributed by atoms with Gasteiger partial charge in [-0.3, -0.25) is 0 Å². The maximum atomic E-state index is 5.74. The van der Waals surface area contributed by atoms with Crippen LogP contribution in [0.3, 0.4) is 0 Å². The molecule has 2 aromatic rings. The van der Waals surface area contributed by atoms with Crippen molar-refractivity contribution in [3.63, 3.8) is 0 Å². The first kappa shape index (κ1) is 11.5. The van der Waals surface area contributed by atoms with Crippen LogP contribution < -0.4 is 11.1 Å². The molecule has 5 heteroatoms. The Bertz CT molecular complexity index is 560. The molecule has 1 aromatic carbocycles. The van der Waals surface area contributed by atoms with Gasteiger partial charge in [-0.25, -0.2) is 9.97 Å². The fourth-order valence-electron chi connectivity index (χ4n) is 2.34. The molecule has 1 aromatic heterocycles. The summed E-state index contributed by atoms with van der Waals surface area (Å²) in [6.07, 6.45) is 3.52. The minimum Gasteiger partial charge on any atom is -0.383 e. The Kier molecular flexibility index (Phi) is 2.91. The van der Waals surface area contributed by atoms with Crippen molar-refractivity contribution >= 4 is 27.6 Å². The number of fused-ring (bicyclic) bond motifs is 1. The molecule has 1 aliphatic carbocycles. The summed E-state index contributed by atoms with van der Waals surface area (Å²) in [5.41, 5.74) is 8.56. The first-order chi connectivity index (χ1) is 8.74. The molecule has 1 aliphatic rings. The first-order valence-electron chi connectivity index (χ1n) is 5.83. The third-order valence-corrected chi connectivity index (χ3v) is 3.99. The maximum absolute atomic E-state index is 5.74. The standard InChI is InChI=1S/C13H13BrN4/c14-11-12(15)16-7-17-13(11)18-10-5-8-3-1-2-4-9(8)6-10/h1-4,7,10H,5-6H2,(H3,15,16,17,18). The van der Waals surface area contributed by atoms with Crippen LogP contribution in [0.15, 0.2) is 35.1 Å². The van der Waals surface area contributed by atoms with Crippen molar-refractivity contribution in [3.8, 4) is 0 Å². The van der Waals surface area contributed by atoms with E-state index in [0.717, 1.165) is 23.1 Å². The number of nitrogens with two attached hydrogens (primary N) is 1. The molecular weight excluding hydrogens is 292 g/mol. The third kappa shape index (κ3) is 2.06. The molecule has 0 saturated heterocycles. The minimum atomic E-state index is 0.369. The summed E-state index contributed by atoms with van der Waals surface area (Å²) in [7, 11) is 0. The van der Waals surface area contributed by atoms with Gasteiger partial charge in [0, 0.05) is 6.04 Å². The number of nitrogens with zero attached hydrogens (tertiary/aromatic N) is 2. The van der Waals surface area contributed by atoms with Crippen molar-refractivity contribution in [3.05, 3.63) is 46.2 Å². The Balaban J connectivity index is 1.78. The van der Waals surface area contributed by atoms with Crippen molar-refractivity contribution in [2.24, 2.45) is 0 Å². The number of halogens is 1. The normalized spacial score (nSPS) is 14.5. The van der Waals surface area contributed by atoms with Crippen LogP contribution in [0.25, 0.3) is 0 Å². The van der Waals surface area contributed by atoms with Crippen LogP contribution in [0, 0.1) is 0 Å². The molecule has 3 rings (SSSR count). The largest absolute Gasteiger partial charge is 0.383 e. The van der Waals surface area contributed by atoms with Crippen LogP contribution in [0.1, 0.15) is 11.1 Å². The lowest BCUT2D eigenvalue weighted by Gasteiger charge is -2.14. The van der Waals surface area contributed by atoms with Gasteiger partial charge < -0.3 is 11.1 Å². The summed E-state index contributed by atoms with van der Waals surface area (Å²) in [6.45, 7) is 0. The highest BCUT2D eigenvalue weighted by molar-refractivity contribution is 9.10. The summed E-state index contributed by atoms with van der Waals surface area (Å²) < 4.78 is 0.737. The van der Waals surface area contributed by atoms with Crippen molar-refractivity contribution < 1.29 is 0 Å². The first-order valence-corrected chi connectivity index (χ1v) is 6.62. The Morgan fingerprint density at radius 2 is 1.83 bits per heavy atom. The van der Waals surface area contributed by atoms with Crippen molar-refractivity contribution in [2.75, 3.05) is 11.1 Å². The average Bonchev–Trinajstić information content (AvgIpc) is 2.77. The molecular formula is C13H13BrN4. The predicted octanol–water partition coefficient (Wildman–Crippen LogP) is 2.40. The van der Waals surface area contributed by atoms with Gasteiger partial charge in [0.1, 0.15) is 22.4 Å². The van der Waals surface area contributed by atoms with Crippen molar-refractivity contribution in [2.45, 2.75) is 18.9 Å². The molecule has 4 nitrogen and oxygen atoms in total. The molecule has 0 amide bonds. The van der Waals surface area contributed by atoms with Crippen LogP contribution in [0.5, 0.6) is 0 Å². The van der Waals surface area contributed by atoms with Crippen LogP contribution in [-0.2, 0) is 12.8 Å². The van der Waals surface area contributed by atoms with Gasteiger partial charge in [0.15, 0.2) is 0 Å². The van der Waals surface area contributed by atoms with E-state index in [4.69, 9.17) is 5.73 Å². The van der Waals surface area contributed by atoms with E-state index < -0.39 is 0 Å². The van der Waals surface area contributed by atoms with Crippen molar-refractivity contribution in [1.82, 2.24) is 9.97 Å². The molecule has 0 saturated carbocycles. The number of rotatable bonds is 2. The number of aromatic nitrogens is 2. The van der Waals surface area contributed by atoms with Crippen LogP contribution in [0.4, 0.5) is 11.6 Å². The van der Waals surface area contributed by atoms with Crippen LogP contribution in [0.2, 0.25) is 0 Å². The van der Waals surface area contributed by atoms with E-state index in [1.54, 1.807) is 0 Å². The van der Waals surface area contributed by atoms with E-state index in [9.17, 15) is 0 Å². The van der Waals surface area contributed by atoms with E-state index in [1.165, 1.54) is 17.5 Å². The number of anilines is 2. The molecule has 0 fully saturated rings. The molecule has 18 heavy (non-hydrogen) atoms. The number of hydrogen-bond donors (Lipinski definition) is 2. The Morgan fingerprint density at radius 3 is 2.50 bits per heavy atom. The fraction of sp³-hybridized carbons (Fsp3) is 0.231. The van der Waals surface area contributed by atoms with E-state index in [2.05, 4.69) is 55.5 Å². The molecule has 3 N–H and O–H groups in total. The van der Waals surface area contributed by atoms with Gasteiger partial charge in [-0.1, -0.05) is 24.3 Å². The van der Waals surface area contributed by atoms with Gasteiger partial charge in [-0.15, -0.1) is 0 Å². The van der Waals surface area contributed by atoms with E-state index >= 15 is 0 Å². The average molecular weight is 305 g/mol. The number of nitrogens with one attached hydrogen (secondary N) is 1. The lowest BCUT2D eigenvalue weighted by molar-refractivity contribution is 0.767. The van der Waals surface area contributed by atoms with Gasteiger partial charge in [-0.2, -0.15) is 0 Å². The zero-order valence-electron chi connectivity index (χ0n) is 9.73. The molecule has 0 aliphatic heterocycles. The summed E-state index contributed by atoms with van der Waals surface area (Å²) in [5.74, 6) is 1.23. The highest BCUT2D eigenvalue weighted by atomic mass is 79.9. The van der Waals surface area contributed by atoms with Gasteiger partial charge in [0.25, 0.3) is 0 Å². The second kappa shape index (κ2) is 4.57. The van der Waals surface area contributed by atoms with Gasteiger partial charge in [0.2, 0.25) is 0 Å². The third-order valence-electron chi connectivity index (χ3n) is 3.21. The quantitative estimate of drug-likeness (QED) is 0.894. The minimum absolute atomic E-state index is 0.369. The van der Waals surface area contributed by atoms with Gasteiger partial charge in [0.05, 0.1) is 0 Å². The smallest absolute Gasteiger partial charge is 0.146 e. The topological polar surface area (TPSA) is 63.8 Å². The molecule has 0 atom stereocenters. The SMILES string of the molecule is Nc1ncnc(NC2Cc3ccccc3C2)c1Br. The van der Waals surface area contributed by atoms with E-state index in [-0.39, 0.29) is 0 Å². The lowest BCUT2D eigenvalue weighted by Crippen LogP contribution is -2.20. The maximum Gasteiger partial charge on any atom is 0.146 e. The zero-order chi connectivity index (χ0) is 12.5. The fourth-order valence-corrected chi connectivity index (χ4v) is 2.66. The highest BCUT2D eigenvalue weighted by Crippen LogP contribution is 2.28. The highest BCUT2D eigenvalue weighted by Gasteiger charge is 2.21. The van der Waals surface area contributed by atoms with E-state index in [0.29, 0.717) is 11.9 Å². The Morgan fingerprint density at radius 1 is 1.17 bits per heavy atom. The zero-order valence-corrected chi connectivity index (χ0v) is 11.3. The van der Waals surface area contributed by atoms with Gasteiger partial charge >= 0.3 is 0 Å². The van der Waals surface area contributed by atoms with Gasteiger partial charge in [-0.05, 0) is 39.9 Å². The summed E-state index contributed by atoms with van der Waals surface area (Å²) >= 11 is 3.41. The Hall–Kier alpha value is -1.62. The number of hydrogen-bond acceptors (Lipinski definition) is 4. The molecule has 92 valence electrons. The summed E-state index contributed by atoms with van der Waals surface area (Å²) in [4.78, 5) is 8.15. The summed E-state index contributed by atoms with van der Waals surface area (Å²) in [6, 6.07) is 8.90. The summed E-state index contributed by atoms with van der Waals surface area (Å²) in [5, 5.41) is 3.42. The second-order valence-corrected chi connectivity index (χ2v) is 5.23.